The third-order valence-corrected chi connectivity index (χ3v) is 4.94. The smallest absolute Gasteiger partial charge is 0.154 e. The summed E-state index contributed by atoms with van der Waals surface area (Å²) >= 11 is 0. The maximum atomic E-state index is 14.1. The van der Waals surface area contributed by atoms with Crippen LogP contribution in [0.1, 0.15) is 42.0 Å². The van der Waals surface area contributed by atoms with Crippen molar-refractivity contribution in [2.24, 2.45) is 10.1 Å². The quantitative estimate of drug-likeness (QED) is 0.535. The number of aryl methyl sites for hydroxylation is 1. The van der Waals surface area contributed by atoms with E-state index in [-0.39, 0.29) is 5.82 Å². The molecule has 1 heterocycles. The summed E-state index contributed by atoms with van der Waals surface area (Å²) < 4.78 is 19.8. The minimum absolute atomic E-state index is 0.324. The van der Waals surface area contributed by atoms with E-state index < -0.39 is 0 Å². The molecule has 1 aliphatic heterocycles. The molecule has 3 aromatic rings. The maximum Gasteiger partial charge on any atom is 0.154 e. The van der Waals surface area contributed by atoms with Gasteiger partial charge < -0.3 is 4.74 Å². The first-order chi connectivity index (χ1) is 14.6. The van der Waals surface area contributed by atoms with E-state index in [1.807, 2.05) is 55.5 Å². The Morgan fingerprint density at radius 1 is 0.933 bits per heavy atom. The van der Waals surface area contributed by atoms with Gasteiger partial charge in [-0.3, -0.25) is 5.43 Å². The normalized spacial score (nSPS) is 12.9. The largest absolute Gasteiger partial charge is 0.494 e. The van der Waals surface area contributed by atoms with Gasteiger partial charge in [0.25, 0.3) is 0 Å². The molecule has 0 aliphatic carbocycles. The Bertz CT molecular complexity index is 1090. The summed E-state index contributed by atoms with van der Waals surface area (Å²) in [4.78, 5) is 4.72. The highest BCUT2D eigenvalue weighted by atomic mass is 19.1. The molecule has 4 rings (SSSR count). The molecular formula is C25H24FN3O. The highest BCUT2D eigenvalue weighted by Crippen LogP contribution is 2.27. The van der Waals surface area contributed by atoms with Crippen molar-refractivity contribution >= 4 is 17.2 Å². The number of hydrazone groups is 1. The standard InChI is InChI=1S/C25H24FN3O/c1-3-4-15-30-21-12-9-18(10-13-21)24-22-16-20(26)11-14-23(22)27-25(29-28-24)19-7-5-17(2)6-8-19/h5-14,16H,3-4,15H2,1-2H3,(H,27,29). The molecule has 0 spiro atoms. The Hall–Kier alpha value is -3.47. The fraction of sp³-hybridized carbons (Fsp3) is 0.200. The molecule has 5 heteroatoms. The zero-order valence-electron chi connectivity index (χ0n) is 17.2. The highest BCUT2D eigenvalue weighted by Gasteiger charge is 2.18. The monoisotopic (exact) mass is 401 g/mol. The lowest BCUT2D eigenvalue weighted by atomic mass is 10.0. The number of fused-ring (bicyclic) bond motifs is 1. The summed E-state index contributed by atoms with van der Waals surface area (Å²) in [6.45, 7) is 4.86. The molecule has 0 aromatic heterocycles. The lowest BCUT2D eigenvalue weighted by molar-refractivity contribution is 0.309. The van der Waals surface area contributed by atoms with Crippen LogP contribution in [0.15, 0.2) is 76.8 Å². The number of halogens is 1. The number of nitrogens with zero attached hydrogens (tertiary/aromatic N) is 2. The molecule has 0 saturated heterocycles. The van der Waals surface area contributed by atoms with Gasteiger partial charge in [-0.2, -0.15) is 5.10 Å². The predicted molar refractivity (Wildman–Crippen MR) is 119 cm³/mol. The fourth-order valence-corrected chi connectivity index (χ4v) is 3.21. The van der Waals surface area contributed by atoms with E-state index in [2.05, 4.69) is 17.5 Å². The number of amidine groups is 1. The number of ether oxygens (including phenoxy) is 1. The van der Waals surface area contributed by atoms with Gasteiger partial charge >= 0.3 is 0 Å². The third-order valence-electron chi connectivity index (χ3n) is 4.94. The Morgan fingerprint density at radius 2 is 1.67 bits per heavy atom. The number of hydrogen-bond donors (Lipinski definition) is 1. The number of benzene rings is 3. The van der Waals surface area contributed by atoms with Crippen LogP contribution in [0.2, 0.25) is 0 Å². The number of nitrogens with one attached hydrogen (secondary N) is 1. The molecule has 0 unspecified atom stereocenters. The summed E-state index contributed by atoms with van der Waals surface area (Å²) in [5.41, 5.74) is 7.96. The van der Waals surface area contributed by atoms with Crippen molar-refractivity contribution in [2.75, 3.05) is 6.61 Å². The van der Waals surface area contributed by atoms with Crippen LogP contribution in [0.25, 0.3) is 0 Å². The Balaban J connectivity index is 1.69. The number of aliphatic imine (C=N–C) groups is 1. The molecule has 0 atom stereocenters. The Labute approximate surface area is 176 Å². The van der Waals surface area contributed by atoms with Crippen LogP contribution >= 0.6 is 0 Å². The van der Waals surface area contributed by atoms with Gasteiger partial charge in [0.05, 0.1) is 12.3 Å². The molecule has 0 fully saturated rings. The zero-order chi connectivity index (χ0) is 20.9. The van der Waals surface area contributed by atoms with Crippen LogP contribution in [-0.2, 0) is 0 Å². The van der Waals surface area contributed by atoms with E-state index in [0.717, 1.165) is 29.7 Å². The first-order valence-electron chi connectivity index (χ1n) is 10.2. The third kappa shape index (κ3) is 4.40. The van der Waals surface area contributed by atoms with Gasteiger partial charge in [-0.25, -0.2) is 9.38 Å². The van der Waals surface area contributed by atoms with E-state index in [4.69, 9.17) is 9.73 Å². The molecule has 4 nitrogen and oxygen atoms in total. The van der Waals surface area contributed by atoms with Gasteiger partial charge in [0.15, 0.2) is 5.84 Å². The SMILES string of the molecule is CCCCOc1ccc(C2=NNC(c3ccc(C)cc3)=Nc3ccc(F)cc32)cc1. The van der Waals surface area contributed by atoms with Crippen molar-refractivity contribution in [3.05, 3.63) is 94.8 Å². The molecule has 0 amide bonds. The minimum Gasteiger partial charge on any atom is -0.494 e. The lowest BCUT2D eigenvalue weighted by Gasteiger charge is -2.10. The van der Waals surface area contributed by atoms with E-state index in [9.17, 15) is 4.39 Å². The Kier molecular flexibility index (Phi) is 5.89. The average Bonchev–Trinajstić information content (AvgIpc) is 2.94. The van der Waals surface area contributed by atoms with Gasteiger partial charge in [-0.1, -0.05) is 43.2 Å². The van der Waals surface area contributed by atoms with Crippen molar-refractivity contribution < 1.29 is 9.13 Å². The molecule has 30 heavy (non-hydrogen) atoms. The second kappa shape index (κ2) is 8.91. The van der Waals surface area contributed by atoms with Crippen LogP contribution in [0.4, 0.5) is 10.1 Å². The van der Waals surface area contributed by atoms with Crippen molar-refractivity contribution in [3.8, 4) is 5.75 Å². The summed E-state index contributed by atoms with van der Waals surface area (Å²) in [5, 5.41) is 4.59. The molecule has 1 aliphatic rings. The molecule has 0 radical (unpaired) electrons. The van der Waals surface area contributed by atoms with Crippen LogP contribution in [-0.4, -0.2) is 18.2 Å². The summed E-state index contributed by atoms with van der Waals surface area (Å²) in [6, 6.07) is 20.3. The molecular weight excluding hydrogens is 377 g/mol. The van der Waals surface area contributed by atoms with Gasteiger partial charge in [0.2, 0.25) is 0 Å². The summed E-state index contributed by atoms with van der Waals surface area (Å²) in [5.74, 6) is 1.11. The highest BCUT2D eigenvalue weighted by molar-refractivity contribution is 6.18. The van der Waals surface area contributed by atoms with Crippen molar-refractivity contribution in [1.29, 1.82) is 0 Å². The van der Waals surface area contributed by atoms with Crippen molar-refractivity contribution in [3.63, 3.8) is 0 Å². The van der Waals surface area contributed by atoms with E-state index in [1.165, 1.54) is 17.7 Å². The second-order valence-corrected chi connectivity index (χ2v) is 7.29. The van der Waals surface area contributed by atoms with E-state index in [1.54, 1.807) is 6.07 Å². The van der Waals surface area contributed by atoms with Crippen LogP contribution in [0.5, 0.6) is 5.75 Å². The lowest BCUT2D eigenvalue weighted by Crippen LogP contribution is -2.19. The number of rotatable bonds is 6. The van der Waals surface area contributed by atoms with Crippen molar-refractivity contribution in [2.45, 2.75) is 26.7 Å². The molecule has 0 bridgehead atoms. The average molecular weight is 401 g/mol. The molecule has 0 saturated carbocycles. The minimum atomic E-state index is -0.324. The van der Waals surface area contributed by atoms with Crippen LogP contribution in [0, 0.1) is 12.7 Å². The van der Waals surface area contributed by atoms with Crippen LogP contribution in [0.3, 0.4) is 0 Å². The van der Waals surface area contributed by atoms with Gasteiger partial charge in [0, 0.05) is 16.7 Å². The number of unbranched alkanes of at least 4 members (excludes halogenated alkanes) is 1. The van der Waals surface area contributed by atoms with Crippen molar-refractivity contribution in [1.82, 2.24) is 5.43 Å². The second-order valence-electron chi connectivity index (χ2n) is 7.29. The summed E-state index contributed by atoms with van der Waals surface area (Å²) in [7, 11) is 0. The maximum absolute atomic E-state index is 14.1. The molecule has 1 N–H and O–H groups in total. The molecule has 3 aromatic carbocycles. The first-order valence-corrected chi connectivity index (χ1v) is 10.2. The topological polar surface area (TPSA) is 46.0 Å². The van der Waals surface area contributed by atoms with Gasteiger partial charge in [-0.15, -0.1) is 0 Å². The fourth-order valence-electron chi connectivity index (χ4n) is 3.21. The van der Waals surface area contributed by atoms with E-state index in [0.29, 0.717) is 29.4 Å². The Morgan fingerprint density at radius 3 is 2.40 bits per heavy atom. The molecule has 152 valence electrons. The van der Waals surface area contributed by atoms with Gasteiger partial charge in [0.1, 0.15) is 17.3 Å². The zero-order valence-corrected chi connectivity index (χ0v) is 17.2. The van der Waals surface area contributed by atoms with E-state index >= 15 is 0 Å². The first kappa shape index (κ1) is 19.8. The number of hydrogen-bond acceptors (Lipinski definition) is 4. The van der Waals surface area contributed by atoms with Gasteiger partial charge in [-0.05, 0) is 55.8 Å². The van der Waals surface area contributed by atoms with Crippen LogP contribution < -0.4 is 10.2 Å². The predicted octanol–water partition coefficient (Wildman–Crippen LogP) is 5.75. The summed E-state index contributed by atoms with van der Waals surface area (Å²) in [6.07, 6.45) is 2.11.